The summed E-state index contributed by atoms with van der Waals surface area (Å²) >= 11 is 0. The molecule has 1 fully saturated rings. The van der Waals surface area contributed by atoms with Gasteiger partial charge >= 0.3 is 0 Å². The number of nitrogens with one attached hydrogen (secondary N) is 2. The van der Waals surface area contributed by atoms with Crippen molar-refractivity contribution in [1.29, 1.82) is 0 Å². The molecule has 0 aliphatic carbocycles. The van der Waals surface area contributed by atoms with Crippen molar-refractivity contribution in [1.82, 2.24) is 24.2 Å². The number of aromatic nitrogens is 3. The maximum absolute atomic E-state index is 13.3. The molecule has 10 nitrogen and oxygen atoms in total. The number of fused-ring (bicyclic) bond motifs is 1. The molecular weight excluding hydrogens is 482 g/mol. The maximum Gasteiger partial charge on any atom is 0.260 e. The monoisotopic (exact) mass is 517 g/mol. The van der Waals surface area contributed by atoms with Gasteiger partial charge in [-0.05, 0) is 57.0 Å². The molecule has 1 saturated heterocycles. The normalized spacial score (nSPS) is 15.0. The van der Waals surface area contributed by atoms with Crippen LogP contribution < -0.4 is 15.0 Å². The van der Waals surface area contributed by atoms with Gasteiger partial charge in [0.2, 0.25) is 10.0 Å². The van der Waals surface area contributed by atoms with Crippen LogP contribution in [0.3, 0.4) is 0 Å². The number of rotatable bonds is 11. The smallest absolute Gasteiger partial charge is 0.260 e. The van der Waals surface area contributed by atoms with Gasteiger partial charge in [0.15, 0.2) is 0 Å². The second-order valence-corrected chi connectivity index (χ2v) is 10.7. The summed E-state index contributed by atoms with van der Waals surface area (Å²) in [6.45, 7) is 11.1. The fourth-order valence-corrected chi connectivity index (χ4v) is 5.73. The molecule has 0 spiro atoms. The molecule has 2 N–H and O–H groups in total. The second-order valence-electron chi connectivity index (χ2n) is 8.92. The van der Waals surface area contributed by atoms with E-state index in [9.17, 15) is 13.2 Å². The van der Waals surface area contributed by atoms with Crippen LogP contribution in [0.5, 0.6) is 5.75 Å². The molecule has 0 bridgehead atoms. The number of aryl methyl sites for hydroxylation is 2. The van der Waals surface area contributed by atoms with Crippen LogP contribution in [-0.2, 0) is 21.3 Å². The molecule has 4 rings (SSSR count). The number of H-pyrrole nitrogens is 1. The Kier molecular flexibility index (Phi) is 8.45. The molecule has 3 heterocycles. The SMILES string of the molecule is CCCn1cc(C)c2c(=O)[nH]c(-c3ccc(OCC)c(S(=O)(=O)NCCCN4CCOCC4)c3)nc21. The average Bonchev–Trinajstić information content (AvgIpc) is 3.18. The number of nitrogens with zero attached hydrogens (tertiary/aromatic N) is 3. The molecule has 0 radical (unpaired) electrons. The van der Waals surface area contributed by atoms with Crippen LogP contribution in [0.15, 0.2) is 34.1 Å². The molecular formula is C25H35N5O5S. The highest BCUT2D eigenvalue weighted by molar-refractivity contribution is 7.89. The van der Waals surface area contributed by atoms with Gasteiger partial charge in [0.1, 0.15) is 22.1 Å². The molecule has 2 aromatic heterocycles. The molecule has 0 atom stereocenters. The summed E-state index contributed by atoms with van der Waals surface area (Å²) in [7, 11) is -3.86. The van der Waals surface area contributed by atoms with Crippen molar-refractivity contribution >= 4 is 21.1 Å². The summed E-state index contributed by atoms with van der Waals surface area (Å²) in [6.07, 6.45) is 3.51. The highest BCUT2D eigenvalue weighted by Gasteiger charge is 2.22. The van der Waals surface area contributed by atoms with Gasteiger partial charge in [-0.3, -0.25) is 9.69 Å². The number of ether oxygens (including phenoxy) is 2. The zero-order valence-corrected chi connectivity index (χ0v) is 22.0. The van der Waals surface area contributed by atoms with Crippen LogP contribution >= 0.6 is 0 Å². The lowest BCUT2D eigenvalue weighted by molar-refractivity contribution is 0.0376. The molecule has 3 aromatic rings. The Hall–Kier alpha value is -2.73. The summed E-state index contributed by atoms with van der Waals surface area (Å²) in [5, 5.41) is 0.549. The number of aromatic amines is 1. The van der Waals surface area contributed by atoms with E-state index >= 15 is 0 Å². The topological polar surface area (TPSA) is 119 Å². The number of hydrogen-bond acceptors (Lipinski definition) is 7. The lowest BCUT2D eigenvalue weighted by atomic mass is 10.2. The van der Waals surface area contributed by atoms with Crippen LogP contribution in [0.2, 0.25) is 0 Å². The first kappa shape index (κ1) is 26.3. The molecule has 0 unspecified atom stereocenters. The Labute approximate surface area is 211 Å². The Balaban J connectivity index is 1.62. The van der Waals surface area contributed by atoms with E-state index < -0.39 is 10.0 Å². The Morgan fingerprint density at radius 1 is 1.19 bits per heavy atom. The van der Waals surface area contributed by atoms with Crippen LogP contribution in [-0.4, -0.2) is 73.9 Å². The first-order valence-electron chi connectivity index (χ1n) is 12.5. The van der Waals surface area contributed by atoms with E-state index in [-0.39, 0.29) is 16.2 Å². The fraction of sp³-hybridized carbons (Fsp3) is 0.520. The molecule has 196 valence electrons. The van der Waals surface area contributed by atoms with E-state index in [0.29, 0.717) is 55.2 Å². The van der Waals surface area contributed by atoms with Gasteiger partial charge in [-0.25, -0.2) is 18.1 Å². The molecule has 0 saturated carbocycles. The van der Waals surface area contributed by atoms with E-state index in [2.05, 4.69) is 21.5 Å². The molecule has 1 aromatic carbocycles. The van der Waals surface area contributed by atoms with Gasteiger partial charge in [0.25, 0.3) is 5.56 Å². The highest BCUT2D eigenvalue weighted by Crippen LogP contribution is 2.29. The van der Waals surface area contributed by atoms with Crippen molar-refractivity contribution in [3.05, 3.63) is 40.3 Å². The zero-order chi connectivity index (χ0) is 25.7. The number of sulfonamides is 1. The number of hydrogen-bond donors (Lipinski definition) is 2. The molecule has 1 aliphatic rings. The van der Waals surface area contributed by atoms with Crippen molar-refractivity contribution in [2.45, 2.75) is 45.1 Å². The predicted molar refractivity (Wildman–Crippen MR) is 139 cm³/mol. The Morgan fingerprint density at radius 2 is 1.97 bits per heavy atom. The first-order valence-corrected chi connectivity index (χ1v) is 14.0. The van der Waals surface area contributed by atoms with E-state index in [1.54, 1.807) is 19.1 Å². The summed E-state index contributed by atoms with van der Waals surface area (Å²) in [6, 6.07) is 4.84. The lowest BCUT2D eigenvalue weighted by Gasteiger charge is -2.26. The van der Waals surface area contributed by atoms with E-state index in [0.717, 1.165) is 38.2 Å². The van der Waals surface area contributed by atoms with Gasteiger partial charge in [-0.2, -0.15) is 0 Å². The van der Waals surface area contributed by atoms with Crippen molar-refractivity contribution in [3.8, 4) is 17.1 Å². The third kappa shape index (κ3) is 5.80. The third-order valence-corrected chi connectivity index (χ3v) is 7.72. The number of morpholine rings is 1. The van der Waals surface area contributed by atoms with Crippen molar-refractivity contribution in [2.24, 2.45) is 0 Å². The van der Waals surface area contributed by atoms with Crippen LogP contribution in [0.25, 0.3) is 22.4 Å². The molecule has 11 heteroatoms. The minimum absolute atomic E-state index is 0.0242. The summed E-state index contributed by atoms with van der Waals surface area (Å²) in [5.41, 5.74) is 1.69. The Morgan fingerprint density at radius 3 is 2.69 bits per heavy atom. The second kappa shape index (κ2) is 11.5. The van der Waals surface area contributed by atoms with Crippen LogP contribution in [0, 0.1) is 6.92 Å². The number of benzene rings is 1. The molecule has 0 amide bonds. The van der Waals surface area contributed by atoms with Crippen molar-refractivity contribution in [3.63, 3.8) is 0 Å². The highest BCUT2D eigenvalue weighted by atomic mass is 32.2. The van der Waals surface area contributed by atoms with Crippen LogP contribution in [0.4, 0.5) is 0 Å². The van der Waals surface area contributed by atoms with Gasteiger partial charge < -0.3 is 19.0 Å². The fourth-order valence-electron chi connectivity index (χ4n) is 4.48. The standard InChI is InChI=1S/C25H35N5O5S/c1-4-10-30-17-18(3)22-24(30)27-23(28-25(22)31)19-7-8-20(35-5-2)21(16-19)36(32,33)26-9-6-11-29-12-14-34-15-13-29/h7-8,16-17,26H,4-6,9-15H2,1-3H3,(H,27,28,31). The lowest BCUT2D eigenvalue weighted by Crippen LogP contribution is -2.38. The molecule has 1 aliphatic heterocycles. The van der Waals surface area contributed by atoms with Gasteiger partial charge in [0, 0.05) is 37.9 Å². The minimum atomic E-state index is -3.86. The van der Waals surface area contributed by atoms with E-state index in [1.807, 2.05) is 17.7 Å². The largest absolute Gasteiger partial charge is 0.492 e. The summed E-state index contributed by atoms with van der Waals surface area (Å²) in [5.74, 6) is 0.574. The molecule has 36 heavy (non-hydrogen) atoms. The minimum Gasteiger partial charge on any atom is -0.492 e. The van der Waals surface area contributed by atoms with E-state index in [1.165, 1.54) is 6.07 Å². The third-order valence-electron chi connectivity index (χ3n) is 6.23. The van der Waals surface area contributed by atoms with Crippen LogP contribution in [0.1, 0.15) is 32.3 Å². The van der Waals surface area contributed by atoms with E-state index in [4.69, 9.17) is 14.5 Å². The Bertz CT molecular complexity index is 1360. The van der Waals surface area contributed by atoms with Crippen molar-refractivity contribution < 1.29 is 17.9 Å². The van der Waals surface area contributed by atoms with Gasteiger partial charge in [-0.15, -0.1) is 0 Å². The summed E-state index contributed by atoms with van der Waals surface area (Å²) < 4.78 is 42.2. The summed E-state index contributed by atoms with van der Waals surface area (Å²) in [4.78, 5) is 22.7. The zero-order valence-electron chi connectivity index (χ0n) is 21.2. The van der Waals surface area contributed by atoms with Crippen molar-refractivity contribution in [2.75, 3.05) is 46.0 Å². The first-order chi connectivity index (χ1) is 17.3. The quantitative estimate of drug-likeness (QED) is 0.375. The van der Waals surface area contributed by atoms with Gasteiger partial charge in [-0.1, -0.05) is 6.92 Å². The van der Waals surface area contributed by atoms with Gasteiger partial charge in [0.05, 0.1) is 25.2 Å². The maximum atomic E-state index is 13.3. The average molecular weight is 518 g/mol. The predicted octanol–water partition coefficient (Wildman–Crippen LogP) is 2.51.